The van der Waals surface area contributed by atoms with Crippen LogP contribution < -0.4 is 10.6 Å². The van der Waals surface area contributed by atoms with E-state index in [9.17, 15) is 0 Å². The van der Waals surface area contributed by atoms with Crippen LogP contribution in [0.25, 0.3) is 0 Å². The predicted molar refractivity (Wildman–Crippen MR) is 112 cm³/mol. The highest BCUT2D eigenvalue weighted by atomic mass is 16.5. The van der Waals surface area contributed by atoms with Crippen molar-refractivity contribution in [1.29, 1.82) is 0 Å². The molecule has 5 heteroatoms. The summed E-state index contributed by atoms with van der Waals surface area (Å²) in [6.07, 6.45) is 3.32. The number of nitrogens with zero attached hydrogens (tertiary/aromatic N) is 2. The Labute approximate surface area is 160 Å². The summed E-state index contributed by atoms with van der Waals surface area (Å²) >= 11 is 0. The second-order valence-electron chi connectivity index (χ2n) is 6.45. The molecule has 0 heterocycles. The molecule has 5 nitrogen and oxygen atoms in total. The van der Waals surface area contributed by atoms with Gasteiger partial charge in [0.15, 0.2) is 5.96 Å². The number of rotatable bonds is 13. The van der Waals surface area contributed by atoms with Gasteiger partial charge in [-0.15, -0.1) is 0 Å². The third-order valence-corrected chi connectivity index (χ3v) is 4.41. The van der Waals surface area contributed by atoms with Gasteiger partial charge in [0.2, 0.25) is 0 Å². The number of ether oxygens (including phenoxy) is 1. The van der Waals surface area contributed by atoms with E-state index < -0.39 is 0 Å². The van der Waals surface area contributed by atoms with Gasteiger partial charge < -0.3 is 15.4 Å². The van der Waals surface area contributed by atoms with Crippen LogP contribution in [0.15, 0.2) is 29.3 Å². The lowest BCUT2D eigenvalue weighted by atomic mass is 10.1. The van der Waals surface area contributed by atoms with E-state index in [1.807, 2.05) is 0 Å². The highest BCUT2D eigenvalue weighted by molar-refractivity contribution is 5.79. The normalized spacial score (nSPS) is 11.8. The third kappa shape index (κ3) is 9.78. The number of hydrogen-bond donors (Lipinski definition) is 2. The number of nitrogens with one attached hydrogen (secondary N) is 2. The quantitative estimate of drug-likeness (QED) is 0.321. The SMILES string of the molecule is CCCCOCCCNC(=NC)NCc1ccc(CN(CC)CC)cc1. The molecular formula is C21H38N4O. The van der Waals surface area contributed by atoms with E-state index in [0.717, 1.165) is 64.7 Å². The van der Waals surface area contributed by atoms with Crippen LogP contribution in [-0.2, 0) is 17.8 Å². The lowest BCUT2D eigenvalue weighted by molar-refractivity contribution is 0.129. The van der Waals surface area contributed by atoms with Crippen LogP contribution in [0.5, 0.6) is 0 Å². The fourth-order valence-electron chi connectivity index (χ4n) is 2.60. The Kier molecular flexibility index (Phi) is 12.6. The Bertz CT molecular complexity index is 483. The maximum absolute atomic E-state index is 5.57. The van der Waals surface area contributed by atoms with Crippen LogP contribution in [0.2, 0.25) is 0 Å². The summed E-state index contributed by atoms with van der Waals surface area (Å²) in [4.78, 5) is 6.70. The molecule has 0 aliphatic carbocycles. The van der Waals surface area contributed by atoms with Gasteiger partial charge in [-0.05, 0) is 37.1 Å². The molecule has 0 atom stereocenters. The Hall–Kier alpha value is -1.59. The van der Waals surface area contributed by atoms with Crippen molar-refractivity contribution in [3.8, 4) is 0 Å². The van der Waals surface area contributed by atoms with Crippen LogP contribution in [0, 0.1) is 0 Å². The standard InChI is InChI=1S/C21H38N4O/c1-5-8-15-26-16-9-14-23-21(22-4)24-17-19-10-12-20(13-11-19)18-25(6-2)7-3/h10-13H,5-9,14-18H2,1-4H3,(H2,22,23,24). The zero-order chi connectivity index (χ0) is 19.0. The molecule has 0 saturated carbocycles. The molecule has 0 amide bonds. The lowest BCUT2D eigenvalue weighted by Crippen LogP contribution is -2.37. The molecule has 0 bridgehead atoms. The molecule has 0 unspecified atom stereocenters. The average Bonchev–Trinajstić information content (AvgIpc) is 2.68. The fraction of sp³-hybridized carbons (Fsp3) is 0.667. The first-order valence-electron chi connectivity index (χ1n) is 10.1. The minimum atomic E-state index is 0.776. The van der Waals surface area contributed by atoms with E-state index in [1.165, 1.54) is 17.5 Å². The lowest BCUT2D eigenvalue weighted by Gasteiger charge is -2.18. The van der Waals surface area contributed by atoms with Crippen molar-refractivity contribution in [2.75, 3.05) is 39.9 Å². The molecule has 1 aromatic rings. The summed E-state index contributed by atoms with van der Waals surface area (Å²) in [5.74, 6) is 0.839. The molecular weight excluding hydrogens is 324 g/mol. The van der Waals surface area contributed by atoms with Gasteiger partial charge in [0.1, 0.15) is 0 Å². The van der Waals surface area contributed by atoms with Crippen molar-refractivity contribution in [3.63, 3.8) is 0 Å². The summed E-state index contributed by atoms with van der Waals surface area (Å²) in [6, 6.07) is 8.83. The molecule has 1 rings (SSSR count). The predicted octanol–water partition coefficient (Wildman–Crippen LogP) is 3.40. The Morgan fingerprint density at radius 2 is 1.62 bits per heavy atom. The maximum atomic E-state index is 5.57. The number of aliphatic imine (C=N–C) groups is 1. The smallest absolute Gasteiger partial charge is 0.191 e. The van der Waals surface area contributed by atoms with Gasteiger partial charge in [0.25, 0.3) is 0 Å². The molecule has 1 aromatic carbocycles. The van der Waals surface area contributed by atoms with Gasteiger partial charge in [-0.3, -0.25) is 9.89 Å². The molecule has 26 heavy (non-hydrogen) atoms. The van der Waals surface area contributed by atoms with Crippen molar-refractivity contribution in [1.82, 2.24) is 15.5 Å². The van der Waals surface area contributed by atoms with E-state index in [-0.39, 0.29) is 0 Å². The van der Waals surface area contributed by atoms with Gasteiger partial charge in [-0.2, -0.15) is 0 Å². The first-order valence-corrected chi connectivity index (χ1v) is 10.1. The second-order valence-corrected chi connectivity index (χ2v) is 6.45. The topological polar surface area (TPSA) is 48.9 Å². The highest BCUT2D eigenvalue weighted by Gasteiger charge is 2.02. The zero-order valence-electron chi connectivity index (χ0n) is 17.2. The Morgan fingerprint density at radius 1 is 0.962 bits per heavy atom. The number of benzene rings is 1. The molecule has 0 saturated heterocycles. The van der Waals surface area contributed by atoms with Gasteiger partial charge in [-0.25, -0.2) is 0 Å². The van der Waals surface area contributed by atoms with E-state index >= 15 is 0 Å². The summed E-state index contributed by atoms with van der Waals surface area (Å²) in [7, 11) is 1.81. The van der Waals surface area contributed by atoms with Crippen molar-refractivity contribution < 1.29 is 4.74 Å². The third-order valence-electron chi connectivity index (χ3n) is 4.41. The van der Waals surface area contributed by atoms with Crippen LogP contribution in [-0.4, -0.2) is 50.8 Å². The van der Waals surface area contributed by atoms with Gasteiger partial charge in [0, 0.05) is 39.9 Å². The van der Waals surface area contributed by atoms with Crippen LogP contribution >= 0.6 is 0 Å². The number of guanidine groups is 1. The average molecular weight is 363 g/mol. The first kappa shape index (κ1) is 22.5. The van der Waals surface area contributed by atoms with Crippen molar-refractivity contribution in [2.45, 2.75) is 53.1 Å². The Balaban J connectivity index is 2.26. The minimum Gasteiger partial charge on any atom is -0.381 e. The van der Waals surface area contributed by atoms with Gasteiger partial charge >= 0.3 is 0 Å². The van der Waals surface area contributed by atoms with Crippen molar-refractivity contribution >= 4 is 5.96 Å². The first-order chi connectivity index (χ1) is 12.7. The van der Waals surface area contributed by atoms with E-state index in [0.29, 0.717) is 0 Å². The molecule has 0 radical (unpaired) electrons. The Morgan fingerprint density at radius 3 is 2.23 bits per heavy atom. The summed E-state index contributed by atoms with van der Waals surface area (Å²) in [5.41, 5.74) is 2.63. The summed E-state index contributed by atoms with van der Waals surface area (Å²) in [6.45, 7) is 13.1. The van der Waals surface area contributed by atoms with E-state index in [2.05, 4.69) is 65.6 Å². The molecule has 0 aliphatic heterocycles. The van der Waals surface area contributed by atoms with Gasteiger partial charge in [-0.1, -0.05) is 51.5 Å². The monoisotopic (exact) mass is 362 g/mol. The van der Waals surface area contributed by atoms with Gasteiger partial charge in [0.05, 0.1) is 0 Å². The van der Waals surface area contributed by atoms with Crippen LogP contribution in [0.1, 0.15) is 51.2 Å². The molecule has 148 valence electrons. The molecule has 0 aliphatic rings. The molecule has 2 N–H and O–H groups in total. The van der Waals surface area contributed by atoms with E-state index in [4.69, 9.17) is 4.74 Å². The minimum absolute atomic E-state index is 0.776. The highest BCUT2D eigenvalue weighted by Crippen LogP contribution is 2.07. The second kappa shape index (κ2) is 14.6. The molecule has 0 spiro atoms. The van der Waals surface area contributed by atoms with Crippen LogP contribution in [0.4, 0.5) is 0 Å². The van der Waals surface area contributed by atoms with Crippen molar-refractivity contribution in [3.05, 3.63) is 35.4 Å². The fourth-order valence-corrected chi connectivity index (χ4v) is 2.60. The van der Waals surface area contributed by atoms with E-state index in [1.54, 1.807) is 7.05 Å². The van der Waals surface area contributed by atoms with Crippen LogP contribution in [0.3, 0.4) is 0 Å². The largest absolute Gasteiger partial charge is 0.381 e. The molecule has 0 fully saturated rings. The maximum Gasteiger partial charge on any atom is 0.191 e. The summed E-state index contributed by atoms with van der Waals surface area (Å²) < 4.78 is 5.57. The zero-order valence-corrected chi connectivity index (χ0v) is 17.2. The molecule has 0 aromatic heterocycles. The number of hydrogen-bond acceptors (Lipinski definition) is 3. The summed E-state index contributed by atoms with van der Waals surface area (Å²) in [5, 5.41) is 6.70. The van der Waals surface area contributed by atoms with Crippen molar-refractivity contribution in [2.24, 2.45) is 4.99 Å². The number of unbranched alkanes of at least 4 members (excludes halogenated alkanes) is 1.